The Morgan fingerprint density at radius 1 is 1.38 bits per heavy atom. The largest absolute Gasteiger partial charge is 0.463 e. The molecule has 0 amide bonds. The van der Waals surface area contributed by atoms with Gasteiger partial charge < -0.3 is 10.1 Å². The van der Waals surface area contributed by atoms with Gasteiger partial charge in [0.25, 0.3) is 0 Å². The maximum absolute atomic E-state index is 13.2. The van der Waals surface area contributed by atoms with E-state index in [-0.39, 0.29) is 13.0 Å². The number of hydrogen-bond donors (Lipinski definition) is 1. The molecule has 0 bridgehead atoms. The topological polar surface area (TPSA) is 75.0 Å². The number of aromatic nitrogens is 1. The molecular weight excluding hydrogens is 382 g/mol. The molecule has 3 rings (SSSR count). The van der Waals surface area contributed by atoms with Crippen LogP contribution in [-0.4, -0.2) is 22.5 Å². The van der Waals surface area contributed by atoms with Crippen molar-refractivity contribution < 1.29 is 9.53 Å². The van der Waals surface area contributed by atoms with Gasteiger partial charge in [-0.3, -0.25) is 4.98 Å². The summed E-state index contributed by atoms with van der Waals surface area (Å²) in [5, 5.41) is 13.4. The van der Waals surface area contributed by atoms with Crippen LogP contribution in [0.1, 0.15) is 30.4 Å². The van der Waals surface area contributed by atoms with E-state index in [1.807, 2.05) is 36.4 Å². The van der Waals surface area contributed by atoms with Crippen LogP contribution >= 0.6 is 12.2 Å². The minimum absolute atomic E-state index is 0.218. The van der Waals surface area contributed by atoms with E-state index in [4.69, 9.17) is 17.0 Å². The Morgan fingerprint density at radius 3 is 2.72 bits per heavy atom. The molecule has 1 aromatic carbocycles. The fraction of sp³-hybridized carbons (Fsp3) is 0.217. The lowest BCUT2D eigenvalue weighted by Gasteiger charge is -2.41. The molecule has 1 N–H and O–H groups in total. The summed E-state index contributed by atoms with van der Waals surface area (Å²) < 4.78 is 5.40. The van der Waals surface area contributed by atoms with Crippen molar-refractivity contribution in [3.05, 3.63) is 84.2 Å². The average molecular weight is 404 g/mol. The zero-order valence-electron chi connectivity index (χ0n) is 16.1. The molecule has 2 heterocycles. The van der Waals surface area contributed by atoms with Crippen molar-refractivity contribution in [2.45, 2.75) is 19.3 Å². The zero-order valence-corrected chi connectivity index (χ0v) is 16.9. The molecule has 0 saturated heterocycles. The number of nitrogens with zero attached hydrogens (tertiary/aromatic N) is 2. The Kier molecular flexibility index (Phi) is 6.20. The maximum atomic E-state index is 13.2. The second-order valence-electron chi connectivity index (χ2n) is 6.62. The number of nitrogens with one attached hydrogen (secondary N) is 1. The summed E-state index contributed by atoms with van der Waals surface area (Å²) in [4.78, 5) is 17.7. The molecule has 29 heavy (non-hydrogen) atoms. The number of carbonyl (C=O) groups excluding carboxylic acids is 1. The van der Waals surface area contributed by atoms with Gasteiger partial charge in [-0.2, -0.15) is 5.26 Å². The molecule has 0 fully saturated rings. The van der Waals surface area contributed by atoms with Gasteiger partial charge in [0.15, 0.2) is 0 Å². The van der Waals surface area contributed by atoms with Gasteiger partial charge in [0, 0.05) is 18.3 Å². The first-order chi connectivity index (χ1) is 14.1. The van der Waals surface area contributed by atoms with Gasteiger partial charge >= 0.3 is 5.97 Å². The first-order valence-corrected chi connectivity index (χ1v) is 9.70. The molecule has 0 spiro atoms. The third kappa shape index (κ3) is 3.69. The number of carbonyl (C=O) groups is 1. The van der Waals surface area contributed by atoms with Gasteiger partial charge in [-0.1, -0.05) is 54.7 Å². The minimum Gasteiger partial charge on any atom is -0.463 e. The van der Waals surface area contributed by atoms with Gasteiger partial charge in [-0.25, -0.2) is 4.79 Å². The van der Waals surface area contributed by atoms with Crippen molar-refractivity contribution in [2.24, 2.45) is 5.41 Å². The molecular formula is C23H21N3O2S. The van der Waals surface area contributed by atoms with Gasteiger partial charge in [0.2, 0.25) is 0 Å². The van der Waals surface area contributed by atoms with Crippen molar-refractivity contribution in [2.75, 3.05) is 6.61 Å². The second kappa shape index (κ2) is 8.80. The standard InChI is InChI=1S/C23H21N3O2S/c1-3-12-23(15-24)19(17-11-8-13-25-14-17)18(21(27)28-4-2)20(26-22(23)29)16-9-6-5-7-10-16/h3,5-11,13-14,19H,1,4,12H2,2H3,(H,26,29)/t19-,23-/m0/s1. The number of pyridine rings is 1. The predicted molar refractivity (Wildman–Crippen MR) is 116 cm³/mol. The predicted octanol–water partition coefficient (Wildman–Crippen LogP) is 4.16. The Morgan fingerprint density at radius 2 is 2.14 bits per heavy atom. The number of hydrogen-bond acceptors (Lipinski definition) is 5. The van der Waals surface area contributed by atoms with Gasteiger partial charge in [0.1, 0.15) is 10.4 Å². The smallest absolute Gasteiger partial charge is 0.336 e. The number of thiocarbonyl (C=S) groups is 1. The number of ether oxygens (including phenoxy) is 1. The van der Waals surface area contributed by atoms with E-state index in [2.05, 4.69) is 22.9 Å². The maximum Gasteiger partial charge on any atom is 0.336 e. The van der Waals surface area contributed by atoms with Crippen LogP contribution in [0.25, 0.3) is 5.70 Å². The lowest BCUT2D eigenvalue weighted by atomic mass is 9.64. The highest BCUT2D eigenvalue weighted by Crippen LogP contribution is 2.49. The van der Waals surface area contributed by atoms with Crippen LogP contribution in [0, 0.1) is 16.7 Å². The SMILES string of the molecule is C=CC[C@@]1(C#N)C(=S)NC(c2ccccc2)=C(C(=O)OCC)[C@@H]1c1cccnc1. The Hall–Kier alpha value is -3.30. The lowest BCUT2D eigenvalue weighted by Crippen LogP contribution is -2.49. The van der Waals surface area contributed by atoms with Crippen molar-refractivity contribution >= 4 is 28.9 Å². The first kappa shape index (κ1) is 20.4. The lowest BCUT2D eigenvalue weighted by molar-refractivity contribution is -0.139. The van der Waals surface area contributed by atoms with Crippen LogP contribution in [-0.2, 0) is 9.53 Å². The van der Waals surface area contributed by atoms with E-state index in [0.717, 1.165) is 11.1 Å². The number of benzene rings is 1. The van der Waals surface area contributed by atoms with Crippen LogP contribution < -0.4 is 5.32 Å². The third-order valence-electron chi connectivity index (χ3n) is 4.94. The molecule has 2 aromatic rings. The molecule has 1 aliphatic heterocycles. The van der Waals surface area contributed by atoms with Gasteiger partial charge in [-0.15, -0.1) is 6.58 Å². The van der Waals surface area contributed by atoms with Crippen LogP contribution in [0.15, 0.2) is 73.1 Å². The van der Waals surface area contributed by atoms with E-state index in [1.54, 1.807) is 31.5 Å². The van der Waals surface area contributed by atoms with Crippen molar-refractivity contribution in [3.8, 4) is 6.07 Å². The van der Waals surface area contributed by atoms with Crippen LogP contribution in [0.2, 0.25) is 0 Å². The minimum atomic E-state index is -1.18. The molecule has 1 aromatic heterocycles. The molecule has 0 aliphatic carbocycles. The van der Waals surface area contributed by atoms with E-state index in [9.17, 15) is 10.1 Å². The first-order valence-electron chi connectivity index (χ1n) is 9.29. The number of nitriles is 1. The van der Waals surface area contributed by atoms with E-state index >= 15 is 0 Å². The summed E-state index contributed by atoms with van der Waals surface area (Å²) >= 11 is 5.67. The molecule has 0 unspecified atom stereocenters. The highest BCUT2D eigenvalue weighted by Gasteiger charge is 2.51. The number of rotatable bonds is 6. The van der Waals surface area contributed by atoms with Crippen molar-refractivity contribution in [3.63, 3.8) is 0 Å². The zero-order chi connectivity index (χ0) is 20.9. The van der Waals surface area contributed by atoms with Crippen molar-refractivity contribution in [1.82, 2.24) is 10.3 Å². The summed E-state index contributed by atoms with van der Waals surface area (Å²) in [6, 6.07) is 15.4. The highest BCUT2D eigenvalue weighted by molar-refractivity contribution is 7.80. The van der Waals surface area contributed by atoms with Crippen LogP contribution in [0.5, 0.6) is 0 Å². The summed E-state index contributed by atoms with van der Waals surface area (Å²) in [7, 11) is 0. The molecule has 6 heteroatoms. The molecule has 5 nitrogen and oxygen atoms in total. The third-order valence-corrected chi connectivity index (χ3v) is 5.40. The molecule has 1 aliphatic rings. The Labute approximate surface area is 175 Å². The van der Waals surface area contributed by atoms with E-state index < -0.39 is 17.3 Å². The van der Waals surface area contributed by atoms with Crippen LogP contribution in [0.4, 0.5) is 0 Å². The van der Waals surface area contributed by atoms with E-state index in [1.165, 1.54) is 0 Å². The number of esters is 1. The van der Waals surface area contributed by atoms with Gasteiger partial charge in [0.05, 0.1) is 23.9 Å². The Balaban J connectivity index is 2.37. The quantitative estimate of drug-likeness (QED) is 0.444. The summed E-state index contributed by atoms with van der Waals surface area (Å²) in [6.07, 6.45) is 5.24. The normalized spacial score (nSPS) is 21.1. The number of allylic oxidation sites excluding steroid dienone is 1. The highest BCUT2D eigenvalue weighted by atomic mass is 32.1. The fourth-order valence-corrected chi connectivity index (χ4v) is 4.02. The Bertz CT molecular complexity index is 996. The fourth-order valence-electron chi connectivity index (χ4n) is 3.67. The molecule has 0 radical (unpaired) electrons. The summed E-state index contributed by atoms with van der Waals surface area (Å²) in [6.45, 7) is 5.78. The van der Waals surface area contributed by atoms with Crippen LogP contribution in [0.3, 0.4) is 0 Å². The van der Waals surface area contributed by atoms with Crippen molar-refractivity contribution in [1.29, 1.82) is 5.26 Å². The summed E-state index contributed by atoms with van der Waals surface area (Å²) in [5.41, 5.74) is 1.24. The van der Waals surface area contributed by atoms with Gasteiger partial charge in [-0.05, 0) is 30.5 Å². The monoisotopic (exact) mass is 403 g/mol. The second-order valence-corrected chi connectivity index (χ2v) is 7.03. The average Bonchev–Trinajstić information content (AvgIpc) is 2.76. The molecule has 0 saturated carbocycles. The summed E-state index contributed by atoms with van der Waals surface area (Å²) in [5.74, 6) is -1.14. The molecule has 146 valence electrons. The van der Waals surface area contributed by atoms with E-state index in [0.29, 0.717) is 16.3 Å². The molecule has 2 atom stereocenters.